The summed E-state index contributed by atoms with van der Waals surface area (Å²) in [5.74, 6) is -3.24. The van der Waals surface area contributed by atoms with Gasteiger partial charge < -0.3 is 14.6 Å². The summed E-state index contributed by atoms with van der Waals surface area (Å²) in [5.41, 5.74) is 0.930. The number of aryl methyl sites for hydroxylation is 2. The Hall–Kier alpha value is -4.05. The monoisotopic (exact) mass is 496 g/mol. The molecule has 0 radical (unpaired) electrons. The van der Waals surface area contributed by atoms with Crippen LogP contribution in [-0.2, 0) is 14.3 Å². The van der Waals surface area contributed by atoms with Gasteiger partial charge in [-0.05, 0) is 43.7 Å². The van der Waals surface area contributed by atoms with E-state index in [0.717, 1.165) is 16.2 Å². The van der Waals surface area contributed by atoms with E-state index >= 15 is 0 Å². The second kappa shape index (κ2) is 9.30. The van der Waals surface area contributed by atoms with Crippen LogP contribution in [0, 0.1) is 19.7 Å². The van der Waals surface area contributed by atoms with Gasteiger partial charge in [0.25, 0.3) is 5.78 Å². The summed E-state index contributed by atoms with van der Waals surface area (Å²) in [5, 5.41) is 11.2. The SMILES string of the molecule is COC(=O)c1sc(N2C(=O)C(=O)C(=C(O)c3ccc(OC)c(C)c3)[C@@H]2c2ccccc2F)nc1C. The normalized spacial score (nSPS) is 17.1. The third-order valence-electron chi connectivity index (χ3n) is 5.67. The Morgan fingerprint density at radius 1 is 1.14 bits per heavy atom. The summed E-state index contributed by atoms with van der Waals surface area (Å²) in [6.45, 7) is 3.32. The number of anilines is 1. The Labute approximate surface area is 204 Å². The molecular weight excluding hydrogens is 475 g/mol. The second-order valence-electron chi connectivity index (χ2n) is 7.78. The molecule has 1 aliphatic heterocycles. The fourth-order valence-corrected chi connectivity index (χ4v) is 4.98. The predicted molar refractivity (Wildman–Crippen MR) is 127 cm³/mol. The largest absolute Gasteiger partial charge is 0.507 e. The average molecular weight is 497 g/mol. The number of hydrogen-bond donors (Lipinski definition) is 1. The number of benzene rings is 2. The van der Waals surface area contributed by atoms with Crippen LogP contribution in [0.5, 0.6) is 5.75 Å². The number of rotatable bonds is 5. The van der Waals surface area contributed by atoms with Crippen LogP contribution in [0.25, 0.3) is 5.76 Å². The Morgan fingerprint density at radius 2 is 1.86 bits per heavy atom. The molecule has 10 heteroatoms. The fourth-order valence-electron chi connectivity index (χ4n) is 3.97. The number of carbonyl (C=O) groups excluding carboxylic acids is 3. The van der Waals surface area contributed by atoms with Crippen molar-refractivity contribution < 1.29 is 33.4 Å². The summed E-state index contributed by atoms with van der Waals surface area (Å²) in [6, 6.07) is 9.09. The first kappa shape index (κ1) is 24.1. The molecule has 1 fully saturated rings. The van der Waals surface area contributed by atoms with E-state index in [1.165, 1.54) is 38.5 Å². The molecule has 8 nitrogen and oxygen atoms in total. The minimum absolute atomic E-state index is 0.00298. The van der Waals surface area contributed by atoms with E-state index in [1.807, 2.05) is 0 Å². The standard InChI is InChI=1S/C25H21FN2O6S/c1-12-11-14(9-10-17(12)33-3)20(29)18-19(15-7-5-6-8-16(15)26)28(23(31)21(18)30)25-27-13(2)22(35-25)24(32)34-4/h5-11,19,29H,1-4H3/t19-/m0/s1. The van der Waals surface area contributed by atoms with Gasteiger partial charge >= 0.3 is 11.9 Å². The highest BCUT2D eigenvalue weighted by atomic mass is 32.1. The van der Waals surface area contributed by atoms with Gasteiger partial charge in [-0.3, -0.25) is 14.5 Å². The smallest absolute Gasteiger partial charge is 0.350 e. The molecule has 1 aliphatic rings. The third-order valence-corrected chi connectivity index (χ3v) is 6.81. The van der Waals surface area contributed by atoms with E-state index in [-0.39, 0.29) is 32.4 Å². The molecule has 0 saturated carbocycles. The van der Waals surface area contributed by atoms with Gasteiger partial charge in [-0.25, -0.2) is 14.2 Å². The summed E-state index contributed by atoms with van der Waals surface area (Å²) in [6.07, 6.45) is 0. The quantitative estimate of drug-likeness (QED) is 0.243. The van der Waals surface area contributed by atoms with Crippen molar-refractivity contribution in [3.8, 4) is 5.75 Å². The lowest BCUT2D eigenvalue weighted by Gasteiger charge is -2.23. The van der Waals surface area contributed by atoms with Crippen LogP contribution < -0.4 is 9.64 Å². The number of ketones is 1. The van der Waals surface area contributed by atoms with Gasteiger partial charge in [0.2, 0.25) is 0 Å². The van der Waals surface area contributed by atoms with Crippen molar-refractivity contribution in [3.05, 3.63) is 81.1 Å². The van der Waals surface area contributed by atoms with Crippen LogP contribution in [0.3, 0.4) is 0 Å². The molecule has 3 aromatic rings. The number of carbonyl (C=O) groups is 3. The molecule has 35 heavy (non-hydrogen) atoms. The summed E-state index contributed by atoms with van der Waals surface area (Å²) < 4.78 is 25.0. The topological polar surface area (TPSA) is 106 Å². The van der Waals surface area contributed by atoms with Crippen molar-refractivity contribution in [2.24, 2.45) is 0 Å². The number of aliphatic hydroxyl groups is 1. The van der Waals surface area contributed by atoms with Gasteiger partial charge in [0.1, 0.15) is 28.2 Å². The maximum atomic E-state index is 15.0. The van der Waals surface area contributed by atoms with Gasteiger partial charge in [-0.15, -0.1) is 0 Å². The van der Waals surface area contributed by atoms with Crippen molar-refractivity contribution in [2.45, 2.75) is 19.9 Å². The van der Waals surface area contributed by atoms with Crippen LogP contribution in [0.4, 0.5) is 9.52 Å². The third kappa shape index (κ3) is 4.06. The number of hydrogen-bond acceptors (Lipinski definition) is 8. The van der Waals surface area contributed by atoms with Gasteiger partial charge in [-0.2, -0.15) is 0 Å². The fraction of sp³-hybridized carbons (Fsp3) is 0.200. The molecular formula is C25H21FN2O6S. The number of amides is 1. The summed E-state index contributed by atoms with van der Waals surface area (Å²) >= 11 is 0.840. The molecule has 1 amide bonds. The Bertz CT molecular complexity index is 1400. The average Bonchev–Trinajstić information content (AvgIpc) is 3.35. The van der Waals surface area contributed by atoms with E-state index in [1.54, 1.807) is 32.0 Å². The lowest BCUT2D eigenvalue weighted by Crippen LogP contribution is -2.29. The second-order valence-corrected chi connectivity index (χ2v) is 8.76. The van der Waals surface area contributed by atoms with E-state index in [4.69, 9.17) is 9.47 Å². The van der Waals surface area contributed by atoms with Crippen molar-refractivity contribution >= 4 is 39.9 Å². The number of methoxy groups -OCH3 is 2. The molecule has 0 bridgehead atoms. The first-order valence-electron chi connectivity index (χ1n) is 10.5. The van der Waals surface area contributed by atoms with Gasteiger partial charge in [0.05, 0.1) is 25.5 Å². The maximum Gasteiger partial charge on any atom is 0.350 e. The number of ether oxygens (including phenoxy) is 2. The molecule has 0 unspecified atom stereocenters. The Balaban J connectivity index is 1.95. The summed E-state index contributed by atoms with van der Waals surface area (Å²) in [4.78, 5) is 44.0. The highest BCUT2D eigenvalue weighted by Gasteiger charge is 2.49. The van der Waals surface area contributed by atoms with Crippen LogP contribution in [0.2, 0.25) is 0 Å². The lowest BCUT2D eigenvalue weighted by atomic mass is 9.94. The summed E-state index contributed by atoms with van der Waals surface area (Å²) in [7, 11) is 2.72. The Kier molecular flexibility index (Phi) is 6.40. The molecule has 1 saturated heterocycles. The predicted octanol–water partition coefficient (Wildman–Crippen LogP) is 4.32. The van der Waals surface area contributed by atoms with Gasteiger partial charge in [-0.1, -0.05) is 29.5 Å². The Morgan fingerprint density at radius 3 is 2.49 bits per heavy atom. The number of esters is 1. The minimum atomic E-state index is -1.31. The van der Waals surface area contributed by atoms with Crippen molar-refractivity contribution in [2.75, 3.05) is 19.1 Å². The number of nitrogens with zero attached hydrogens (tertiary/aromatic N) is 2. The highest BCUT2D eigenvalue weighted by Crippen LogP contribution is 2.44. The van der Waals surface area contributed by atoms with Crippen molar-refractivity contribution in [3.63, 3.8) is 0 Å². The molecule has 180 valence electrons. The van der Waals surface area contributed by atoms with Gasteiger partial charge in [0.15, 0.2) is 5.13 Å². The number of aromatic nitrogens is 1. The van der Waals surface area contributed by atoms with Crippen LogP contribution in [0.15, 0.2) is 48.0 Å². The molecule has 1 N–H and O–H groups in total. The maximum absolute atomic E-state index is 15.0. The molecule has 4 rings (SSSR count). The molecule has 0 spiro atoms. The number of aliphatic hydroxyl groups excluding tert-OH is 1. The van der Waals surface area contributed by atoms with Crippen LogP contribution in [-0.4, -0.2) is 42.0 Å². The number of halogens is 1. The van der Waals surface area contributed by atoms with E-state index < -0.39 is 35.3 Å². The van der Waals surface area contributed by atoms with Crippen molar-refractivity contribution in [1.82, 2.24) is 4.98 Å². The van der Waals surface area contributed by atoms with Crippen molar-refractivity contribution in [1.29, 1.82) is 0 Å². The number of thiazole rings is 1. The van der Waals surface area contributed by atoms with E-state index in [0.29, 0.717) is 11.3 Å². The molecule has 2 heterocycles. The first-order valence-corrected chi connectivity index (χ1v) is 11.3. The molecule has 1 aromatic heterocycles. The zero-order chi connectivity index (χ0) is 25.4. The number of Topliss-reactive ketones (excluding diaryl/α,β-unsaturated/α-hetero) is 1. The zero-order valence-electron chi connectivity index (χ0n) is 19.3. The molecule has 1 atom stereocenters. The molecule has 2 aromatic carbocycles. The van der Waals surface area contributed by atoms with Crippen LogP contribution >= 0.6 is 11.3 Å². The minimum Gasteiger partial charge on any atom is -0.507 e. The zero-order valence-corrected chi connectivity index (χ0v) is 20.1. The van der Waals surface area contributed by atoms with E-state index in [2.05, 4.69) is 4.98 Å². The molecule has 0 aliphatic carbocycles. The van der Waals surface area contributed by atoms with E-state index in [9.17, 15) is 23.9 Å². The van der Waals surface area contributed by atoms with Crippen LogP contribution in [0.1, 0.15) is 38.1 Å². The first-order chi connectivity index (χ1) is 16.7. The lowest BCUT2D eigenvalue weighted by molar-refractivity contribution is -0.132. The highest BCUT2D eigenvalue weighted by molar-refractivity contribution is 7.17. The van der Waals surface area contributed by atoms with Gasteiger partial charge in [0, 0.05) is 11.1 Å².